The molecule has 66 valence electrons. The first-order valence-electron chi connectivity index (χ1n) is 3.99. The van der Waals surface area contributed by atoms with Gasteiger partial charge in [0.25, 0.3) is 5.92 Å². The summed E-state index contributed by atoms with van der Waals surface area (Å²) in [7, 11) is 0. The van der Waals surface area contributed by atoms with Gasteiger partial charge in [-0.1, -0.05) is 20.8 Å². The molecule has 0 unspecified atom stereocenters. The summed E-state index contributed by atoms with van der Waals surface area (Å²) in [4.78, 5) is 0. The quantitative estimate of drug-likeness (QED) is 0.671. The third-order valence-electron chi connectivity index (χ3n) is 2.27. The van der Waals surface area contributed by atoms with E-state index in [0.717, 1.165) is 0 Å². The van der Waals surface area contributed by atoms with Crippen molar-refractivity contribution in [2.24, 2.45) is 5.41 Å². The highest BCUT2D eigenvalue weighted by atomic mass is 19.3. The molecule has 1 nitrogen and oxygen atoms in total. The van der Waals surface area contributed by atoms with E-state index in [-0.39, 0.29) is 6.42 Å². The Kier molecular flexibility index (Phi) is 1.95. The third kappa shape index (κ3) is 1.70. The van der Waals surface area contributed by atoms with Gasteiger partial charge in [-0.05, 0) is 0 Å². The van der Waals surface area contributed by atoms with Gasteiger partial charge in [0.05, 0.1) is 0 Å². The van der Waals surface area contributed by atoms with Gasteiger partial charge in [0.2, 0.25) is 0 Å². The molecule has 11 heavy (non-hydrogen) atoms. The Morgan fingerprint density at radius 2 is 1.91 bits per heavy atom. The van der Waals surface area contributed by atoms with Gasteiger partial charge in [-0.2, -0.15) is 0 Å². The second-order valence-corrected chi connectivity index (χ2v) is 3.98. The summed E-state index contributed by atoms with van der Waals surface area (Å²) in [6, 6.07) is 0.295. The van der Waals surface area contributed by atoms with Crippen molar-refractivity contribution in [3.8, 4) is 0 Å². The molecule has 0 aromatic heterocycles. The normalized spacial score (nSPS) is 34.4. The Bertz CT molecular complexity index is 156. The zero-order chi connectivity index (χ0) is 8.70. The van der Waals surface area contributed by atoms with Gasteiger partial charge in [-0.3, -0.25) is 0 Å². The summed E-state index contributed by atoms with van der Waals surface area (Å²) < 4.78 is 25.2. The minimum atomic E-state index is -2.42. The lowest BCUT2D eigenvalue weighted by atomic mass is 10.1. The lowest BCUT2D eigenvalue weighted by molar-refractivity contribution is 0.0692. The molecule has 0 heterocycles. The molecular weight excluding hydrogens is 148 g/mol. The van der Waals surface area contributed by atoms with Crippen molar-refractivity contribution in [3.05, 3.63) is 0 Å². The van der Waals surface area contributed by atoms with Gasteiger partial charge in [0.15, 0.2) is 0 Å². The van der Waals surface area contributed by atoms with Crippen LogP contribution in [0.5, 0.6) is 0 Å². The molecule has 1 rings (SSSR count). The second kappa shape index (κ2) is 2.41. The average Bonchev–Trinajstić information content (AvgIpc) is 2.29. The summed E-state index contributed by atoms with van der Waals surface area (Å²) in [5, 5.41) is 3.02. The molecule has 3 heteroatoms. The highest BCUT2D eigenvalue weighted by Gasteiger charge is 2.67. The Morgan fingerprint density at radius 1 is 1.45 bits per heavy atom. The number of rotatable bonds is 3. The smallest absolute Gasteiger partial charge is 0.255 e. The van der Waals surface area contributed by atoms with Crippen molar-refractivity contribution in [1.29, 1.82) is 0 Å². The van der Waals surface area contributed by atoms with Crippen LogP contribution in [0, 0.1) is 5.41 Å². The summed E-state index contributed by atoms with van der Waals surface area (Å²) in [6.07, 6.45) is 0.0414. The fourth-order valence-corrected chi connectivity index (χ4v) is 1.07. The van der Waals surface area contributed by atoms with Crippen molar-refractivity contribution in [2.45, 2.75) is 39.2 Å². The van der Waals surface area contributed by atoms with E-state index in [0.29, 0.717) is 12.6 Å². The molecule has 1 aliphatic rings. The van der Waals surface area contributed by atoms with Crippen LogP contribution in [0.15, 0.2) is 0 Å². The fraction of sp³-hybridized carbons (Fsp3) is 1.00. The van der Waals surface area contributed by atoms with Gasteiger partial charge in [0, 0.05) is 24.4 Å². The largest absolute Gasteiger partial charge is 0.314 e. The minimum Gasteiger partial charge on any atom is -0.314 e. The summed E-state index contributed by atoms with van der Waals surface area (Å²) in [6.45, 7) is 5.98. The second-order valence-electron chi connectivity index (χ2n) is 3.98. The number of hydrogen-bond donors (Lipinski definition) is 1. The minimum absolute atomic E-state index is 0.0414. The SMILES string of the molecule is CC(C)NC[C@@]1(C)CC1(F)F. The Hall–Kier alpha value is -0.180. The first kappa shape index (κ1) is 8.91. The maximum atomic E-state index is 12.6. The highest BCUT2D eigenvalue weighted by Crippen LogP contribution is 2.59. The van der Waals surface area contributed by atoms with Gasteiger partial charge >= 0.3 is 0 Å². The standard InChI is InChI=1S/C8H15F2N/c1-6(2)11-5-7(3)4-8(7,9)10/h6,11H,4-5H2,1-3H3/t7-/m1/s1. The van der Waals surface area contributed by atoms with Gasteiger partial charge in [-0.15, -0.1) is 0 Å². The first-order valence-corrected chi connectivity index (χ1v) is 3.99. The molecule has 0 amide bonds. The van der Waals surface area contributed by atoms with Crippen LogP contribution in [0.4, 0.5) is 8.78 Å². The summed E-state index contributed by atoms with van der Waals surface area (Å²) >= 11 is 0. The molecule has 1 N–H and O–H groups in total. The van der Waals surface area contributed by atoms with Crippen LogP contribution in [-0.2, 0) is 0 Å². The Morgan fingerprint density at radius 3 is 2.18 bits per heavy atom. The summed E-state index contributed by atoms with van der Waals surface area (Å²) in [5.41, 5.74) is -0.767. The maximum absolute atomic E-state index is 12.6. The Labute approximate surface area is 66.2 Å². The number of alkyl halides is 2. The molecular formula is C8H15F2N. The zero-order valence-corrected chi connectivity index (χ0v) is 7.25. The van der Waals surface area contributed by atoms with Crippen molar-refractivity contribution >= 4 is 0 Å². The van der Waals surface area contributed by atoms with Crippen LogP contribution in [-0.4, -0.2) is 18.5 Å². The van der Waals surface area contributed by atoms with E-state index in [9.17, 15) is 8.78 Å². The molecule has 1 saturated carbocycles. The maximum Gasteiger partial charge on any atom is 0.255 e. The van der Waals surface area contributed by atoms with Gasteiger partial charge < -0.3 is 5.32 Å². The van der Waals surface area contributed by atoms with Crippen LogP contribution in [0.25, 0.3) is 0 Å². The monoisotopic (exact) mass is 163 g/mol. The van der Waals surface area contributed by atoms with Gasteiger partial charge in [-0.25, -0.2) is 8.78 Å². The van der Waals surface area contributed by atoms with Crippen molar-refractivity contribution in [2.75, 3.05) is 6.54 Å². The number of halogens is 2. The average molecular weight is 163 g/mol. The predicted molar refractivity (Wildman–Crippen MR) is 40.8 cm³/mol. The van der Waals surface area contributed by atoms with E-state index in [1.165, 1.54) is 0 Å². The van der Waals surface area contributed by atoms with E-state index in [1.807, 2.05) is 13.8 Å². The molecule has 0 aromatic rings. The lowest BCUT2D eigenvalue weighted by Crippen LogP contribution is -2.31. The Balaban J connectivity index is 2.29. The third-order valence-corrected chi connectivity index (χ3v) is 2.27. The van der Waals surface area contributed by atoms with Crippen LogP contribution in [0.2, 0.25) is 0 Å². The molecule has 1 aliphatic carbocycles. The molecule has 0 radical (unpaired) electrons. The molecule has 1 fully saturated rings. The first-order chi connectivity index (χ1) is 4.87. The lowest BCUT2D eigenvalue weighted by Gasteiger charge is -2.13. The summed E-state index contributed by atoms with van der Waals surface area (Å²) in [5.74, 6) is -2.42. The fourth-order valence-electron chi connectivity index (χ4n) is 1.07. The zero-order valence-electron chi connectivity index (χ0n) is 7.25. The van der Waals surface area contributed by atoms with E-state index in [2.05, 4.69) is 5.32 Å². The van der Waals surface area contributed by atoms with Gasteiger partial charge in [0.1, 0.15) is 0 Å². The molecule has 0 saturated heterocycles. The van der Waals surface area contributed by atoms with E-state index >= 15 is 0 Å². The molecule has 0 aliphatic heterocycles. The highest BCUT2D eigenvalue weighted by molar-refractivity contribution is 5.08. The van der Waals surface area contributed by atoms with Crippen molar-refractivity contribution in [3.63, 3.8) is 0 Å². The van der Waals surface area contributed by atoms with Crippen LogP contribution in [0.3, 0.4) is 0 Å². The number of hydrogen-bond acceptors (Lipinski definition) is 1. The predicted octanol–water partition coefficient (Wildman–Crippen LogP) is 2.03. The van der Waals surface area contributed by atoms with Crippen LogP contribution >= 0.6 is 0 Å². The van der Waals surface area contributed by atoms with Crippen LogP contribution < -0.4 is 5.32 Å². The molecule has 1 atom stereocenters. The topological polar surface area (TPSA) is 12.0 Å². The molecule has 0 bridgehead atoms. The van der Waals surface area contributed by atoms with E-state index < -0.39 is 11.3 Å². The number of nitrogens with one attached hydrogen (secondary N) is 1. The molecule has 0 aromatic carbocycles. The van der Waals surface area contributed by atoms with E-state index in [4.69, 9.17) is 0 Å². The van der Waals surface area contributed by atoms with Crippen molar-refractivity contribution < 1.29 is 8.78 Å². The van der Waals surface area contributed by atoms with Crippen LogP contribution in [0.1, 0.15) is 27.2 Å². The van der Waals surface area contributed by atoms with Crippen molar-refractivity contribution in [1.82, 2.24) is 5.32 Å². The molecule has 0 spiro atoms. The van der Waals surface area contributed by atoms with E-state index in [1.54, 1.807) is 6.92 Å².